The maximum atomic E-state index is 12.8. The number of aryl methyl sites for hydroxylation is 1. The summed E-state index contributed by atoms with van der Waals surface area (Å²) in [4.78, 5) is 29.6. The third-order valence-electron chi connectivity index (χ3n) is 4.91. The van der Waals surface area contributed by atoms with Crippen LogP contribution in [0.1, 0.15) is 24.2 Å². The molecule has 3 aromatic rings. The number of aromatic nitrogens is 2. The Labute approximate surface area is 162 Å². The van der Waals surface area contributed by atoms with Crippen LogP contribution < -0.4 is 20.9 Å². The van der Waals surface area contributed by atoms with Crippen molar-refractivity contribution in [1.82, 2.24) is 14.9 Å². The highest BCUT2D eigenvalue weighted by Crippen LogP contribution is 2.18. The van der Waals surface area contributed by atoms with E-state index in [0.29, 0.717) is 29.7 Å². The summed E-state index contributed by atoms with van der Waals surface area (Å²) in [6, 6.07) is 12.4. The summed E-state index contributed by atoms with van der Waals surface area (Å²) >= 11 is 0. The first-order chi connectivity index (χ1) is 13.6. The Morgan fingerprint density at radius 2 is 2.11 bits per heavy atom. The molecule has 0 saturated heterocycles. The fraction of sp³-hybridized carbons (Fsp3) is 0.286. The van der Waals surface area contributed by atoms with Crippen molar-refractivity contribution in [3.63, 3.8) is 0 Å². The Kier molecular flexibility index (Phi) is 4.97. The first-order valence-electron chi connectivity index (χ1n) is 9.35. The molecule has 0 unspecified atom stereocenters. The summed E-state index contributed by atoms with van der Waals surface area (Å²) in [6.45, 7) is 1.07. The van der Waals surface area contributed by atoms with Crippen LogP contribution in [0.4, 0.5) is 10.5 Å². The molecule has 1 aromatic heterocycles. The second-order valence-electron chi connectivity index (χ2n) is 6.83. The van der Waals surface area contributed by atoms with E-state index in [1.54, 1.807) is 29.9 Å². The van der Waals surface area contributed by atoms with E-state index in [1.165, 1.54) is 0 Å². The van der Waals surface area contributed by atoms with Crippen LogP contribution in [0.2, 0.25) is 0 Å². The van der Waals surface area contributed by atoms with Crippen molar-refractivity contribution < 1.29 is 9.53 Å². The van der Waals surface area contributed by atoms with Gasteiger partial charge < -0.3 is 15.4 Å². The number of amides is 2. The van der Waals surface area contributed by atoms with E-state index >= 15 is 0 Å². The standard InChI is InChI=1S/C21H22N4O3/c1-28-16-6-4-5-14(11-16)13-22-21(27)23-15-8-9-18-17(12-15)20(26)25-10-3-2-7-19(25)24-18/h4-6,8-9,11-12H,2-3,7,10,13H2,1H3,(H2,22,23,27). The minimum atomic E-state index is -0.340. The molecule has 7 heteroatoms. The van der Waals surface area contributed by atoms with Gasteiger partial charge in [0.1, 0.15) is 11.6 Å². The van der Waals surface area contributed by atoms with Crippen LogP contribution in [0.5, 0.6) is 5.75 Å². The van der Waals surface area contributed by atoms with E-state index in [1.807, 2.05) is 24.3 Å². The number of fused-ring (bicyclic) bond motifs is 2. The Bertz CT molecular complexity index is 1090. The molecule has 1 aliphatic heterocycles. The molecule has 2 heterocycles. The number of rotatable bonds is 4. The lowest BCUT2D eigenvalue weighted by molar-refractivity contribution is 0.251. The molecule has 4 rings (SSSR count). The summed E-state index contributed by atoms with van der Waals surface area (Å²) in [7, 11) is 1.60. The van der Waals surface area contributed by atoms with Gasteiger partial charge in [0.25, 0.3) is 5.56 Å². The van der Waals surface area contributed by atoms with Crippen LogP contribution in [0.15, 0.2) is 47.3 Å². The minimum absolute atomic E-state index is 0.0415. The molecule has 0 radical (unpaired) electrons. The van der Waals surface area contributed by atoms with Gasteiger partial charge in [0.2, 0.25) is 0 Å². The second kappa shape index (κ2) is 7.72. The molecule has 1 aliphatic rings. The average molecular weight is 378 g/mol. The largest absolute Gasteiger partial charge is 0.497 e. The maximum absolute atomic E-state index is 12.8. The number of methoxy groups -OCH3 is 1. The van der Waals surface area contributed by atoms with E-state index in [2.05, 4.69) is 15.6 Å². The molecule has 0 saturated carbocycles. The van der Waals surface area contributed by atoms with Crippen LogP contribution in [0, 0.1) is 0 Å². The van der Waals surface area contributed by atoms with Crippen molar-refractivity contribution in [3.05, 3.63) is 64.2 Å². The summed E-state index contributed by atoms with van der Waals surface area (Å²) in [5.74, 6) is 1.59. The number of benzene rings is 2. The van der Waals surface area contributed by atoms with Crippen molar-refractivity contribution in [2.75, 3.05) is 12.4 Å². The number of ether oxygens (including phenoxy) is 1. The van der Waals surface area contributed by atoms with Crippen LogP contribution in [0.3, 0.4) is 0 Å². The quantitative estimate of drug-likeness (QED) is 0.731. The van der Waals surface area contributed by atoms with Crippen molar-refractivity contribution in [2.24, 2.45) is 0 Å². The molecular weight excluding hydrogens is 356 g/mol. The number of anilines is 1. The van der Waals surface area contributed by atoms with Crippen molar-refractivity contribution >= 4 is 22.6 Å². The van der Waals surface area contributed by atoms with Gasteiger partial charge in [-0.1, -0.05) is 12.1 Å². The van der Waals surface area contributed by atoms with Gasteiger partial charge in [-0.15, -0.1) is 0 Å². The van der Waals surface area contributed by atoms with Crippen LogP contribution in [-0.2, 0) is 19.5 Å². The van der Waals surface area contributed by atoms with Crippen LogP contribution in [0.25, 0.3) is 10.9 Å². The molecule has 0 spiro atoms. The molecule has 28 heavy (non-hydrogen) atoms. The van der Waals surface area contributed by atoms with E-state index < -0.39 is 0 Å². The summed E-state index contributed by atoms with van der Waals surface area (Å²) < 4.78 is 6.93. The highest BCUT2D eigenvalue weighted by atomic mass is 16.5. The Balaban J connectivity index is 1.49. The Morgan fingerprint density at radius 1 is 1.21 bits per heavy atom. The third-order valence-corrected chi connectivity index (χ3v) is 4.91. The summed E-state index contributed by atoms with van der Waals surface area (Å²) in [5.41, 5.74) is 2.12. The lowest BCUT2D eigenvalue weighted by Crippen LogP contribution is -2.29. The number of carbonyl (C=O) groups excluding carboxylic acids is 1. The molecular formula is C21H22N4O3. The summed E-state index contributed by atoms with van der Waals surface area (Å²) in [6.07, 6.45) is 2.88. The average Bonchev–Trinajstić information content (AvgIpc) is 2.73. The normalized spacial score (nSPS) is 13.0. The molecule has 0 aliphatic carbocycles. The Hall–Kier alpha value is -3.35. The Morgan fingerprint density at radius 3 is 2.96 bits per heavy atom. The van der Waals surface area contributed by atoms with Gasteiger partial charge in [-0.05, 0) is 48.7 Å². The fourth-order valence-electron chi connectivity index (χ4n) is 3.46. The van der Waals surface area contributed by atoms with Crippen molar-refractivity contribution in [3.8, 4) is 5.75 Å². The number of carbonyl (C=O) groups is 1. The lowest BCUT2D eigenvalue weighted by atomic mass is 10.1. The zero-order chi connectivity index (χ0) is 19.5. The van der Waals surface area contributed by atoms with E-state index in [-0.39, 0.29) is 11.6 Å². The number of nitrogens with zero attached hydrogens (tertiary/aromatic N) is 2. The molecule has 2 N–H and O–H groups in total. The molecule has 0 bridgehead atoms. The lowest BCUT2D eigenvalue weighted by Gasteiger charge is -2.18. The first-order valence-corrected chi connectivity index (χ1v) is 9.35. The van der Waals surface area contributed by atoms with E-state index in [4.69, 9.17) is 4.74 Å². The molecule has 2 amide bonds. The van der Waals surface area contributed by atoms with Gasteiger partial charge in [0.05, 0.1) is 18.0 Å². The van der Waals surface area contributed by atoms with Gasteiger partial charge in [-0.3, -0.25) is 9.36 Å². The first kappa shape index (κ1) is 18.0. The number of hydrogen-bond acceptors (Lipinski definition) is 4. The molecule has 7 nitrogen and oxygen atoms in total. The third kappa shape index (κ3) is 3.69. The second-order valence-corrected chi connectivity index (χ2v) is 6.83. The highest BCUT2D eigenvalue weighted by Gasteiger charge is 2.15. The van der Waals surface area contributed by atoms with Crippen molar-refractivity contribution in [2.45, 2.75) is 32.4 Å². The molecule has 2 aromatic carbocycles. The summed E-state index contributed by atoms with van der Waals surface area (Å²) in [5, 5.41) is 6.11. The van der Waals surface area contributed by atoms with E-state index in [0.717, 1.165) is 36.4 Å². The maximum Gasteiger partial charge on any atom is 0.319 e. The molecule has 0 atom stereocenters. The zero-order valence-electron chi connectivity index (χ0n) is 15.7. The predicted octanol–water partition coefficient (Wildman–Crippen LogP) is 3.06. The number of hydrogen-bond donors (Lipinski definition) is 2. The monoisotopic (exact) mass is 378 g/mol. The fourth-order valence-corrected chi connectivity index (χ4v) is 3.46. The smallest absolute Gasteiger partial charge is 0.319 e. The zero-order valence-corrected chi connectivity index (χ0v) is 15.7. The number of nitrogens with one attached hydrogen (secondary N) is 2. The predicted molar refractivity (Wildman–Crippen MR) is 108 cm³/mol. The van der Waals surface area contributed by atoms with Gasteiger partial charge in [-0.25, -0.2) is 9.78 Å². The van der Waals surface area contributed by atoms with Crippen molar-refractivity contribution in [1.29, 1.82) is 0 Å². The number of urea groups is 1. The molecule has 0 fully saturated rings. The van der Waals surface area contributed by atoms with Gasteiger partial charge in [0, 0.05) is 25.2 Å². The van der Waals surface area contributed by atoms with Gasteiger partial charge in [0.15, 0.2) is 0 Å². The molecule has 144 valence electrons. The van der Waals surface area contributed by atoms with Gasteiger partial charge in [-0.2, -0.15) is 0 Å². The van der Waals surface area contributed by atoms with E-state index in [9.17, 15) is 9.59 Å². The van der Waals surface area contributed by atoms with Gasteiger partial charge >= 0.3 is 6.03 Å². The minimum Gasteiger partial charge on any atom is -0.497 e. The topological polar surface area (TPSA) is 85.2 Å². The van der Waals surface area contributed by atoms with Crippen LogP contribution >= 0.6 is 0 Å². The van der Waals surface area contributed by atoms with Crippen LogP contribution in [-0.4, -0.2) is 22.7 Å². The highest BCUT2D eigenvalue weighted by molar-refractivity contribution is 5.92. The SMILES string of the molecule is COc1cccc(CNC(=O)Nc2ccc3nc4n(c(=O)c3c2)CCCC4)c1.